The first-order valence-electron chi connectivity index (χ1n) is 6.83. The van der Waals surface area contributed by atoms with Crippen molar-refractivity contribution in [3.8, 4) is 0 Å². The number of rotatable bonds is 4. The van der Waals surface area contributed by atoms with E-state index in [-0.39, 0.29) is 12.1 Å². The number of carbonyl (C=O) groups excluding carboxylic acids is 1. The molecule has 2 rings (SSSR count). The van der Waals surface area contributed by atoms with Crippen LogP contribution in [-0.2, 0) is 17.1 Å². The van der Waals surface area contributed by atoms with Crippen molar-refractivity contribution in [2.75, 3.05) is 5.32 Å². The van der Waals surface area contributed by atoms with Gasteiger partial charge < -0.3 is 10.6 Å². The Labute approximate surface area is 128 Å². The first-order chi connectivity index (χ1) is 10.5. The third kappa shape index (κ3) is 4.77. The minimum Gasteiger partial charge on any atom is -0.374 e. The van der Waals surface area contributed by atoms with Crippen LogP contribution < -0.4 is 10.6 Å². The molecule has 1 aromatic rings. The molecule has 0 aliphatic heterocycles. The van der Waals surface area contributed by atoms with Gasteiger partial charge in [0, 0.05) is 11.7 Å². The summed E-state index contributed by atoms with van der Waals surface area (Å²) in [5, 5.41) is 5.01. The lowest BCUT2D eigenvalue weighted by molar-refractivity contribution is -0.143. The monoisotopic (exact) mass is 340 g/mol. The zero-order valence-corrected chi connectivity index (χ0v) is 12.0. The fourth-order valence-electron chi connectivity index (χ4n) is 1.91. The average Bonchev–Trinajstić information content (AvgIpc) is 3.20. The molecule has 1 aromatic carbocycles. The zero-order chi connectivity index (χ0) is 17.4. The lowest BCUT2D eigenvalue weighted by atomic mass is 10.1. The van der Waals surface area contributed by atoms with E-state index in [1.54, 1.807) is 0 Å². The third-order valence-corrected chi connectivity index (χ3v) is 3.29. The lowest BCUT2D eigenvalue weighted by Gasteiger charge is -2.18. The molecular weight excluding hydrogens is 326 g/mol. The van der Waals surface area contributed by atoms with Crippen LogP contribution in [0.1, 0.15) is 30.9 Å². The Morgan fingerprint density at radius 1 is 1.04 bits per heavy atom. The summed E-state index contributed by atoms with van der Waals surface area (Å²) in [5.74, 6) is -0.474. The van der Waals surface area contributed by atoms with Crippen LogP contribution in [0.2, 0.25) is 0 Å². The first kappa shape index (κ1) is 17.4. The van der Waals surface area contributed by atoms with Crippen LogP contribution in [0.5, 0.6) is 0 Å². The molecule has 0 bridgehead atoms. The minimum absolute atomic E-state index is 0.0407. The molecule has 0 heterocycles. The maximum Gasteiger partial charge on any atom is 0.416 e. The number of hydrogen-bond donors (Lipinski definition) is 2. The highest BCUT2D eigenvalue weighted by molar-refractivity contribution is 5.84. The van der Waals surface area contributed by atoms with Gasteiger partial charge in [-0.1, -0.05) is 0 Å². The minimum atomic E-state index is -4.92. The highest BCUT2D eigenvalue weighted by Gasteiger charge is 2.37. The topological polar surface area (TPSA) is 41.1 Å². The van der Waals surface area contributed by atoms with E-state index in [0.29, 0.717) is 12.1 Å². The molecule has 0 saturated heterocycles. The second-order valence-corrected chi connectivity index (χ2v) is 5.44. The number of alkyl halides is 6. The van der Waals surface area contributed by atoms with Crippen LogP contribution in [0.15, 0.2) is 18.2 Å². The van der Waals surface area contributed by atoms with E-state index in [0.717, 1.165) is 12.8 Å². The van der Waals surface area contributed by atoms with Gasteiger partial charge in [-0.3, -0.25) is 4.79 Å². The van der Waals surface area contributed by atoms with Crippen molar-refractivity contribution in [1.29, 1.82) is 0 Å². The fraction of sp³-hybridized carbons (Fsp3) is 0.500. The van der Waals surface area contributed by atoms with Gasteiger partial charge in [0.15, 0.2) is 0 Å². The lowest BCUT2D eigenvalue weighted by Crippen LogP contribution is -2.38. The Kier molecular flexibility index (Phi) is 4.50. The maximum atomic E-state index is 12.7. The van der Waals surface area contributed by atoms with Gasteiger partial charge in [-0.2, -0.15) is 26.3 Å². The second-order valence-electron chi connectivity index (χ2n) is 5.44. The van der Waals surface area contributed by atoms with Gasteiger partial charge in [0.2, 0.25) is 5.91 Å². The van der Waals surface area contributed by atoms with E-state index >= 15 is 0 Å². The van der Waals surface area contributed by atoms with E-state index in [1.165, 1.54) is 6.92 Å². The number of amides is 1. The Hall–Kier alpha value is -1.93. The second kappa shape index (κ2) is 5.93. The number of carbonyl (C=O) groups is 1. The third-order valence-electron chi connectivity index (χ3n) is 3.29. The Balaban J connectivity index is 2.24. The normalized spacial score (nSPS) is 16.8. The summed E-state index contributed by atoms with van der Waals surface area (Å²) in [6.07, 6.45) is -8.20. The molecule has 1 amide bonds. The standard InChI is InChI=1S/C14H14F6N2O/c1-7(12(23)22-10-2-3-10)21-11-5-8(13(15,16)17)4-9(6-11)14(18,19)20/h4-7,10,21H,2-3H2,1H3,(H,22,23)/t7-/m0/s1. The van der Waals surface area contributed by atoms with Crippen molar-refractivity contribution in [2.24, 2.45) is 0 Å². The van der Waals surface area contributed by atoms with Crippen LogP contribution in [0.3, 0.4) is 0 Å². The summed E-state index contributed by atoms with van der Waals surface area (Å²) >= 11 is 0. The van der Waals surface area contributed by atoms with E-state index < -0.39 is 41.1 Å². The maximum absolute atomic E-state index is 12.7. The largest absolute Gasteiger partial charge is 0.416 e. The molecule has 9 heteroatoms. The van der Waals surface area contributed by atoms with Crippen LogP contribution >= 0.6 is 0 Å². The molecule has 1 fully saturated rings. The predicted molar refractivity (Wildman–Crippen MR) is 70.7 cm³/mol. The summed E-state index contributed by atoms with van der Waals surface area (Å²) < 4.78 is 76.4. The molecule has 0 spiro atoms. The molecule has 1 aliphatic rings. The van der Waals surface area contributed by atoms with Gasteiger partial charge in [-0.05, 0) is 38.0 Å². The summed E-state index contributed by atoms with van der Waals surface area (Å²) in [6.45, 7) is 1.37. The number of nitrogens with one attached hydrogen (secondary N) is 2. The Morgan fingerprint density at radius 3 is 1.91 bits per heavy atom. The van der Waals surface area contributed by atoms with Crippen molar-refractivity contribution < 1.29 is 31.1 Å². The Bertz CT molecular complexity index is 560. The summed E-state index contributed by atoms with van der Waals surface area (Å²) in [6, 6.07) is 0.228. The van der Waals surface area contributed by atoms with Crippen LogP contribution in [0.4, 0.5) is 32.0 Å². The molecule has 2 N–H and O–H groups in total. The number of halogens is 6. The van der Waals surface area contributed by atoms with E-state index in [1.807, 2.05) is 0 Å². The summed E-state index contributed by atoms with van der Waals surface area (Å²) in [7, 11) is 0. The van der Waals surface area contributed by atoms with Gasteiger partial charge in [0.05, 0.1) is 11.1 Å². The SMILES string of the molecule is C[C@H](Nc1cc(C(F)(F)F)cc(C(F)(F)F)c1)C(=O)NC1CC1. The number of anilines is 1. The summed E-state index contributed by atoms with van der Waals surface area (Å²) in [4.78, 5) is 11.7. The molecule has 0 aromatic heterocycles. The quantitative estimate of drug-likeness (QED) is 0.819. The first-order valence-corrected chi connectivity index (χ1v) is 6.83. The van der Waals surface area contributed by atoms with Gasteiger partial charge in [0.25, 0.3) is 0 Å². The predicted octanol–water partition coefficient (Wildman–Crippen LogP) is 3.80. The number of hydrogen-bond acceptors (Lipinski definition) is 2. The molecule has 1 aliphatic carbocycles. The van der Waals surface area contributed by atoms with Crippen molar-refractivity contribution in [1.82, 2.24) is 5.32 Å². The van der Waals surface area contributed by atoms with Crippen LogP contribution in [0, 0.1) is 0 Å². The van der Waals surface area contributed by atoms with E-state index in [2.05, 4.69) is 10.6 Å². The molecule has 23 heavy (non-hydrogen) atoms. The van der Waals surface area contributed by atoms with E-state index in [9.17, 15) is 31.1 Å². The molecule has 128 valence electrons. The van der Waals surface area contributed by atoms with Gasteiger partial charge in [-0.25, -0.2) is 0 Å². The highest BCUT2D eigenvalue weighted by atomic mass is 19.4. The molecule has 1 atom stereocenters. The molecule has 0 radical (unpaired) electrons. The highest BCUT2D eigenvalue weighted by Crippen LogP contribution is 2.37. The van der Waals surface area contributed by atoms with Crippen LogP contribution in [-0.4, -0.2) is 18.0 Å². The van der Waals surface area contributed by atoms with Crippen LogP contribution in [0.25, 0.3) is 0 Å². The molecule has 1 saturated carbocycles. The van der Waals surface area contributed by atoms with Crippen molar-refractivity contribution in [3.63, 3.8) is 0 Å². The van der Waals surface area contributed by atoms with E-state index in [4.69, 9.17) is 0 Å². The zero-order valence-electron chi connectivity index (χ0n) is 12.0. The van der Waals surface area contributed by atoms with Crippen molar-refractivity contribution in [3.05, 3.63) is 29.3 Å². The summed E-state index contributed by atoms with van der Waals surface area (Å²) in [5.41, 5.74) is -3.26. The molecule has 3 nitrogen and oxygen atoms in total. The van der Waals surface area contributed by atoms with Gasteiger partial charge in [-0.15, -0.1) is 0 Å². The smallest absolute Gasteiger partial charge is 0.374 e. The fourth-order valence-corrected chi connectivity index (χ4v) is 1.91. The van der Waals surface area contributed by atoms with Gasteiger partial charge >= 0.3 is 12.4 Å². The number of benzene rings is 1. The van der Waals surface area contributed by atoms with Gasteiger partial charge in [0.1, 0.15) is 6.04 Å². The van der Waals surface area contributed by atoms with Crippen molar-refractivity contribution >= 4 is 11.6 Å². The van der Waals surface area contributed by atoms with Crippen molar-refractivity contribution in [2.45, 2.75) is 44.2 Å². The Morgan fingerprint density at radius 2 is 1.52 bits per heavy atom. The molecule has 0 unspecified atom stereocenters. The molecular formula is C14H14F6N2O. The average molecular weight is 340 g/mol.